The van der Waals surface area contributed by atoms with Crippen molar-refractivity contribution in [3.63, 3.8) is 0 Å². The van der Waals surface area contributed by atoms with Gasteiger partial charge in [-0.25, -0.2) is 4.98 Å². The highest BCUT2D eigenvalue weighted by Crippen LogP contribution is 2.18. The molecule has 0 saturated carbocycles. The molecule has 1 heterocycles. The van der Waals surface area contributed by atoms with Crippen molar-refractivity contribution in [1.29, 1.82) is 0 Å². The summed E-state index contributed by atoms with van der Waals surface area (Å²) >= 11 is 0. The number of anilines is 1. The Labute approximate surface area is 96.9 Å². The number of aromatic nitrogens is 1. The Morgan fingerprint density at radius 2 is 2.19 bits per heavy atom. The van der Waals surface area contributed by atoms with E-state index in [1.54, 1.807) is 6.20 Å². The van der Waals surface area contributed by atoms with Gasteiger partial charge in [0.2, 0.25) is 0 Å². The first kappa shape index (κ1) is 12.9. The van der Waals surface area contributed by atoms with Crippen LogP contribution >= 0.6 is 0 Å². The number of hydrogen-bond donors (Lipinski definition) is 3. The van der Waals surface area contributed by atoms with Crippen LogP contribution in [0.1, 0.15) is 25.0 Å². The molecule has 4 N–H and O–H groups in total. The van der Waals surface area contributed by atoms with Crippen LogP contribution < -0.4 is 11.1 Å². The van der Waals surface area contributed by atoms with Crippen LogP contribution in [0.3, 0.4) is 0 Å². The summed E-state index contributed by atoms with van der Waals surface area (Å²) in [4.78, 5) is 4.28. The SMILES string of the molecule is Cc1ccnc(N[C@H](CO)C(C)C)c1CN. The van der Waals surface area contributed by atoms with Crippen molar-refractivity contribution in [3.8, 4) is 0 Å². The average Bonchev–Trinajstić information content (AvgIpc) is 2.25. The fourth-order valence-corrected chi connectivity index (χ4v) is 1.57. The summed E-state index contributed by atoms with van der Waals surface area (Å²) in [6.07, 6.45) is 1.76. The van der Waals surface area contributed by atoms with E-state index in [2.05, 4.69) is 24.1 Å². The quantitative estimate of drug-likeness (QED) is 0.703. The third kappa shape index (κ3) is 2.93. The Kier molecular flexibility index (Phi) is 4.71. The van der Waals surface area contributed by atoms with Crippen molar-refractivity contribution in [2.75, 3.05) is 11.9 Å². The number of nitrogens with one attached hydrogen (secondary N) is 1. The molecule has 0 radical (unpaired) electrons. The van der Waals surface area contributed by atoms with Crippen LogP contribution in [0.25, 0.3) is 0 Å². The maximum Gasteiger partial charge on any atom is 0.130 e. The molecule has 0 aromatic carbocycles. The van der Waals surface area contributed by atoms with Crippen LogP contribution in [-0.4, -0.2) is 22.7 Å². The molecule has 1 aromatic heterocycles. The number of pyridine rings is 1. The minimum atomic E-state index is 0.0135. The lowest BCUT2D eigenvalue weighted by molar-refractivity contribution is 0.249. The van der Waals surface area contributed by atoms with Crippen LogP contribution in [0.4, 0.5) is 5.82 Å². The topological polar surface area (TPSA) is 71.2 Å². The molecule has 1 atom stereocenters. The summed E-state index contributed by atoms with van der Waals surface area (Å²) in [6.45, 7) is 6.69. The van der Waals surface area contributed by atoms with Crippen molar-refractivity contribution in [2.45, 2.75) is 33.4 Å². The first-order valence-electron chi connectivity index (χ1n) is 5.62. The summed E-state index contributed by atoms with van der Waals surface area (Å²) in [5.74, 6) is 1.13. The van der Waals surface area contributed by atoms with Gasteiger partial charge in [0.05, 0.1) is 12.6 Å². The van der Waals surface area contributed by atoms with E-state index in [-0.39, 0.29) is 12.6 Å². The molecule has 0 aliphatic carbocycles. The van der Waals surface area contributed by atoms with E-state index in [4.69, 9.17) is 5.73 Å². The van der Waals surface area contributed by atoms with E-state index in [1.807, 2.05) is 13.0 Å². The van der Waals surface area contributed by atoms with Gasteiger partial charge in [-0.05, 0) is 24.5 Å². The van der Waals surface area contributed by atoms with Gasteiger partial charge in [0.1, 0.15) is 5.82 Å². The molecule has 1 rings (SSSR count). The molecule has 0 aliphatic heterocycles. The minimum absolute atomic E-state index is 0.0135. The molecule has 0 bridgehead atoms. The molecule has 16 heavy (non-hydrogen) atoms. The maximum absolute atomic E-state index is 9.27. The normalized spacial score (nSPS) is 12.9. The fraction of sp³-hybridized carbons (Fsp3) is 0.583. The van der Waals surface area contributed by atoms with Crippen LogP contribution in [-0.2, 0) is 6.54 Å². The number of rotatable bonds is 5. The minimum Gasteiger partial charge on any atom is -0.394 e. The van der Waals surface area contributed by atoms with Crippen molar-refractivity contribution in [1.82, 2.24) is 4.98 Å². The number of hydrogen-bond acceptors (Lipinski definition) is 4. The third-order valence-electron chi connectivity index (χ3n) is 2.82. The zero-order chi connectivity index (χ0) is 12.1. The lowest BCUT2D eigenvalue weighted by atomic mass is 10.0. The molecule has 1 aromatic rings. The van der Waals surface area contributed by atoms with E-state index in [1.165, 1.54) is 0 Å². The Balaban J connectivity index is 2.91. The molecule has 0 fully saturated rings. The Morgan fingerprint density at radius 3 is 2.69 bits per heavy atom. The van der Waals surface area contributed by atoms with E-state index in [9.17, 15) is 5.11 Å². The van der Waals surface area contributed by atoms with Gasteiger partial charge in [-0.15, -0.1) is 0 Å². The van der Waals surface area contributed by atoms with Gasteiger partial charge in [-0.1, -0.05) is 13.8 Å². The van der Waals surface area contributed by atoms with Gasteiger partial charge in [-0.3, -0.25) is 0 Å². The van der Waals surface area contributed by atoms with Gasteiger partial charge in [-0.2, -0.15) is 0 Å². The number of aliphatic hydroxyl groups is 1. The largest absolute Gasteiger partial charge is 0.394 e. The monoisotopic (exact) mass is 223 g/mol. The predicted octanol–water partition coefficient (Wildman–Crippen LogP) is 1.28. The van der Waals surface area contributed by atoms with E-state index in [0.717, 1.165) is 16.9 Å². The highest BCUT2D eigenvalue weighted by Gasteiger charge is 2.14. The first-order valence-corrected chi connectivity index (χ1v) is 5.62. The van der Waals surface area contributed by atoms with E-state index in [0.29, 0.717) is 12.5 Å². The zero-order valence-corrected chi connectivity index (χ0v) is 10.2. The molecule has 0 saturated heterocycles. The molecular formula is C12H21N3O. The van der Waals surface area contributed by atoms with Crippen molar-refractivity contribution < 1.29 is 5.11 Å². The fourth-order valence-electron chi connectivity index (χ4n) is 1.57. The standard InChI is InChI=1S/C12H21N3O/c1-8(2)11(7-16)15-12-10(6-13)9(3)4-5-14-12/h4-5,8,11,16H,6-7,13H2,1-3H3,(H,14,15)/t11-/m1/s1. The molecule has 0 unspecified atom stereocenters. The van der Waals surface area contributed by atoms with Gasteiger partial charge < -0.3 is 16.2 Å². The Bertz CT molecular complexity index is 339. The Morgan fingerprint density at radius 1 is 1.50 bits per heavy atom. The van der Waals surface area contributed by atoms with Crippen LogP contribution in [0.15, 0.2) is 12.3 Å². The second kappa shape index (κ2) is 5.82. The van der Waals surface area contributed by atoms with Gasteiger partial charge in [0, 0.05) is 18.3 Å². The summed E-state index contributed by atoms with van der Waals surface area (Å²) in [7, 11) is 0. The first-order chi connectivity index (χ1) is 7.60. The summed E-state index contributed by atoms with van der Waals surface area (Å²) in [5, 5.41) is 12.5. The molecule has 0 aliphatic rings. The lowest BCUT2D eigenvalue weighted by Gasteiger charge is -2.22. The second-order valence-electron chi connectivity index (χ2n) is 4.34. The smallest absolute Gasteiger partial charge is 0.130 e. The number of nitrogens with two attached hydrogens (primary N) is 1. The third-order valence-corrected chi connectivity index (χ3v) is 2.82. The highest BCUT2D eigenvalue weighted by atomic mass is 16.3. The van der Waals surface area contributed by atoms with Crippen LogP contribution in [0, 0.1) is 12.8 Å². The number of aliphatic hydroxyl groups excluding tert-OH is 1. The number of nitrogens with zero attached hydrogens (tertiary/aromatic N) is 1. The molecule has 4 heteroatoms. The van der Waals surface area contributed by atoms with Crippen molar-refractivity contribution >= 4 is 5.82 Å². The second-order valence-corrected chi connectivity index (χ2v) is 4.34. The van der Waals surface area contributed by atoms with Gasteiger partial charge >= 0.3 is 0 Å². The summed E-state index contributed by atoms with van der Waals surface area (Å²) < 4.78 is 0. The van der Waals surface area contributed by atoms with Crippen molar-refractivity contribution in [3.05, 3.63) is 23.4 Å². The predicted molar refractivity (Wildman–Crippen MR) is 66.2 cm³/mol. The molecule has 0 spiro atoms. The highest BCUT2D eigenvalue weighted by molar-refractivity contribution is 5.48. The Hall–Kier alpha value is -1.13. The molecular weight excluding hydrogens is 202 g/mol. The molecule has 0 amide bonds. The van der Waals surface area contributed by atoms with Gasteiger partial charge in [0.25, 0.3) is 0 Å². The lowest BCUT2D eigenvalue weighted by Crippen LogP contribution is -2.30. The maximum atomic E-state index is 9.27. The molecule has 90 valence electrons. The van der Waals surface area contributed by atoms with E-state index >= 15 is 0 Å². The number of aryl methyl sites for hydroxylation is 1. The zero-order valence-electron chi connectivity index (χ0n) is 10.2. The molecule has 4 nitrogen and oxygen atoms in total. The summed E-state index contributed by atoms with van der Waals surface area (Å²) in [5.41, 5.74) is 7.84. The summed E-state index contributed by atoms with van der Waals surface area (Å²) in [6, 6.07) is 1.95. The van der Waals surface area contributed by atoms with Crippen molar-refractivity contribution in [2.24, 2.45) is 11.7 Å². The van der Waals surface area contributed by atoms with Gasteiger partial charge in [0.15, 0.2) is 0 Å². The van der Waals surface area contributed by atoms with Crippen LogP contribution in [0.2, 0.25) is 0 Å². The van der Waals surface area contributed by atoms with E-state index < -0.39 is 0 Å². The average molecular weight is 223 g/mol. The van der Waals surface area contributed by atoms with Crippen LogP contribution in [0.5, 0.6) is 0 Å².